The Kier molecular flexibility index (Phi) is 6.69. The molecule has 2 aromatic rings. The molecule has 3 aliphatic rings. The van der Waals surface area contributed by atoms with Gasteiger partial charge in [-0.3, -0.25) is 9.15 Å². The minimum Gasteiger partial charge on any atom is -0.740 e. The number of carbonyl (C=O) groups excluding carboxylic acids is 1. The van der Waals surface area contributed by atoms with E-state index in [-0.39, 0.29) is 18.7 Å². The lowest BCUT2D eigenvalue weighted by molar-refractivity contribution is 0.118. The normalized spacial score (nSPS) is 21.8. The Morgan fingerprint density at radius 1 is 1.19 bits per heavy atom. The number of amides is 2. The predicted molar refractivity (Wildman–Crippen MR) is 135 cm³/mol. The second-order valence-corrected chi connectivity index (χ2v) is 11.7. The van der Waals surface area contributed by atoms with Crippen LogP contribution in [-0.2, 0) is 42.9 Å². The number of urea groups is 1. The lowest BCUT2D eigenvalue weighted by Gasteiger charge is -2.40. The molecule has 12 heteroatoms. The van der Waals surface area contributed by atoms with Crippen molar-refractivity contribution in [3.8, 4) is 0 Å². The van der Waals surface area contributed by atoms with E-state index in [0.717, 1.165) is 65.1 Å². The van der Waals surface area contributed by atoms with Crippen molar-refractivity contribution >= 4 is 27.6 Å². The van der Waals surface area contributed by atoms with Crippen LogP contribution in [0.2, 0.25) is 0 Å². The zero-order valence-corrected chi connectivity index (χ0v) is 21.4. The third kappa shape index (κ3) is 4.57. The average molecular weight is 520 g/mol. The zero-order chi connectivity index (χ0) is 25.6. The number of aromatic nitrogens is 2. The molecule has 1 fully saturated rings. The molecule has 2 unspecified atom stereocenters. The van der Waals surface area contributed by atoms with E-state index in [4.69, 9.17) is 0 Å². The summed E-state index contributed by atoms with van der Waals surface area (Å²) in [5.41, 5.74) is 5.04. The molecular formula is C24H32FN6O4S-. The van der Waals surface area contributed by atoms with E-state index in [1.807, 2.05) is 4.90 Å². The van der Waals surface area contributed by atoms with Crippen molar-refractivity contribution < 1.29 is 17.6 Å². The van der Waals surface area contributed by atoms with Crippen molar-refractivity contribution in [3.05, 3.63) is 45.9 Å². The van der Waals surface area contributed by atoms with Gasteiger partial charge in [-0.25, -0.2) is 13.5 Å². The van der Waals surface area contributed by atoms with E-state index >= 15 is 0 Å². The molecule has 0 saturated carbocycles. The Hall–Kier alpha value is -2.70. The summed E-state index contributed by atoms with van der Waals surface area (Å²) < 4.78 is 43.0. The number of halogens is 1. The third-order valence-corrected chi connectivity index (χ3v) is 9.16. The number of benzene rings is 1. The number of fused-ring (bicyclic) bond motifs is 2. The van der Waals surface area contributed by atoms with Gasteiger partial charge in [-0.05, 0) is 80.7 Å². The van der Waals surface area contributed by atoms with Gasteiger partial charge >= 0.3 is 16.2 Å². The highest BCUT2D eigenvalue weighted by molar-refractivity contribution is 7.91. The van der Waals surface area contributed by atoms with Gasteiger partial charge in [0.25, 0.3) is 0 Å². The summed E-state index contributed by atoms with van der Waals surface area (Å²) in [6.07, 6.45) is 7.51. The lowest BCUT2D eigenvalue weighted by atomic mass is 9.99. The fraction of sp³-hybridized carbons (Fsp3) is 0.583. The molecule has 1 aliphatic heterocycles. The van der Waals surface area contributed by atoms with Gasteiger partial charge in [0.15, 0.2) is 0 Å². The van der Waals surface area contributed by atoms with Gasteiger partial charge in [0.05, 0.1) is 18.4 Å². The highest BCUT2D eigenvalue weighted by Gasteiger charge is 2.35. The number of hydrogen-bond donors (Lipinski definition) is 1. The SMILES string of the molecule is CN1CCC(F)CC1CN(c1cnn(C)c1)S(=O)(=O)N([O-])C(=O)Nc1c2c(cc3c1CCC3)CCC2. The molecule has 0 bridgehead atoms. The number of rotatable bonds is 6. The van der Waals surface area contributed by atoms with E-state index in [2.05, 4.69) is 16.5 Å². The van der Waals surface area contributed by atoms with Crippen LogP contribution >= 0.6 is 0 Å². The van der Waals surface area contributed by atoms with Crippen molar-refractivity contribution in [3.63, 3.8) is 0 Å². The predicted octanol–water partition coefficient (Wildman–Crippen LogP) is 2.91. The topological polar surface area (TPSA) is 114 Å². The fourth-order valence-electron chi connectivity index (χ4n) is 5.71. The van der Waals surface area contributed by atoms with E-state index < -0.39 is 32.9 Å². The Labute approximate surface area is 210 Å². The van der Waals surface area contributed by atoms with Crippen molar-refractivity contribution in [1.29, 1.82) is 0 Å². The number of nitrogens with zero attached hydrogens (tertiary/aromatic N) is 5. The molecule has 1 aromatic carbocycles. The quantitative estimate of drug-likeness (QED) is 0.587. The summed E-state index contributed by atoms with van der Waals surface area (Å²) in [5.74, 6) is 0. The number of aryl methyl sites for hydroxylation is 3. The van der Waals surface area contributed by atoms with Crippen LogP contribution in [0.25, 0.3) is 0 Å². The van der Waals surface area contributed by atoms with E-state index in [9.17, 15) is 22.8 Å². The molecule has 5 rings (SSSR count). The van der Waals surface area contributed by atoms with E-state index in [0.29, 0.717) is 18.7 Å². The molecule has 1 N–H and O–H groups in total. The highest BCUT2D eigenvalue weighted by atomic mass is 32.2. The van der Waals surface area contributed by atoms with Gasteiger partial charge in [0, 0.05) is 31.5 Å². The first-order valence-corrected chi connectivity index (χ1v) is 13.9. The Balaban J connectivity index is 1.43. The minimum atomic E-state index is -4.83. The van der Waals surface area contributed by atoms with Crippen molar-refractivity contribution in [2.75, 3.05) is 29.8 Å². The standard InChI is InChI=1S/C24H32FN6O4S/c1-28-10-9-18(25)12-19(28)15-30(20-13-26-29(2)14-20)36(34,35)31(33)24(32)27-23-21-7-3-5-16(21)11-17-6-4-8-22(17)23/h11,13-14,18-19H,3-10,12,15H2,1-2H3,(H,27,32)/q-1. The second-order valence-electron chi connectivity index (χ2n) is 10.1. The third-order valence-electron chi connectivity index (χ3n) is 7.66. The molecule has 1 aromatic heterocycles. The van der Waals surface area contributed by atoms with Crippen LogP contribution in [0.4, 0.5) is 20.6 Å². The van der Waals surface area contributed by atoms with Gasteiger partial charge < -0.3 is 15.4 Å². The first-order valence-electron chi connectivity index (χ1n) is 12.5. The number of likely N-dealkylation sites (N-methyl/N-ethyl adjacent to an activating group) is 1. The van der Waals surface area contributed by atoms with Crippen LogP contribution in [0.1, 0.15) is 47.9 Å². The first-order chi connectivity index (χ1) is 17.1. The lowest BCUT2D eigenvalue weighted by Crippen LogP contribution is -2.52. The van der Waals surface area contributed by atoms with Crippen molar-refractivity contribution in [1.82, 2.24) is 19.1 Å². The molecule has 36 heavy (non-hydrogen) atoms. The molecule has 0 spiro atoms. The molecular weight excluding hydrogens is 487 g/mol. The minimum absolute atomic E-state index is 0.135. The molecule has 2 heterocycles. The van der Waals surface area contributed by atoms with Gasteiger partial charge in [-0.1, -0.05) is 6.07 Å². The summed E-state index contributed by atoms with van der Waals surface area (Å²) in [6.45, 7) is 0.297. The maximum absolute atomic E-state index is 14.2. The molecule has 2 amide bonds. The fourth-order valence-corrected chi connectivity index (χ4v) is 6.86. The van der Waals surface area contributed by atoms with E-state index in [1.54, 1.807) is 14.1 Å². The van der Waals surface area contributed by atoms with Crippen LogP contribution in [0.15, 0.2) is 18.5 Å². The maximum atomic E-state index is 14.2. The number of anilines is 2. The van der Waals surface area contributed by atoms with Gasteiger partial charge in [0.1, 0.15) is 6.17 Å². The average Bonchev–Trinajstić information content (AvgIpc) is 3.59. The maximum Gasteiger partial charge on any atom is 0.326 e. The summed E-state index contributed by atoms with van der Waals surface area (Å²) in [6, 6.07) is 0.481. The zero-order valence-electron chi connectivity index (χ0n) is 20.6. The van der Waals surface area contributed by atoms with Crippen molar-refractivity contribution in [2.24, 2.45) is 7.05 Å². The monoisotopic (exact) mass is 519 g/mol. The number of piperidine rings is 1. The van der Waals surface area contributed by atoms with Crippen LogP contribution in [0, 0.1) is 5.21 Å². The summed E-state index contributed by atoms with van der Waals surface area (Å²) in [7, 11) is -1.42. The Bertz CT molecular complexity index is 1230. The Morgan fingerprint density at radius 3 is 2.47 bits per heavy atom. The molecule has 2 aliphatic carbocycles. The Morgan fingerprint density at radius 2 is 1.86 bits per heavy atom. The summed E-state index contributed by atoms with van der Waals surface area (Å²) in [4.78, 5) is 15.0. The van der Waals surface area contributed by atoms with Crippen LogP contribution in [0.3, 0.4) is 0 Å². The molecule has 1 saturated heterocycles. The number of alkyl halides is 1. The summed E-state index contributed by atoms with van der Waals surface area (Å²) >= 11 is 0. The van der Waals surface area contributed by atoms with Gasteiger partial charge in [-0.2, -0.15) is 13.5 Å². The molecule has 0 radical (unpaired) electrons. The number of hydrogen-bond acceptors (Lipinski definition) is 6. The number of nitrogens with one attached hydrogen (secondary N) is 1. The largest absolute Gasteiger partial charge is 0.740 e. The number of likely N-dealkylation sites (tertiary alicyclic amines) is 1. The van der Waals surface area contributed by atoms with Crippen molar-refractivity contribution in [2.45, 2.75) is 63.6 Å². The second kappa shape index (κ2) is 9.64. The van der Waals surface area contributed by atoms with Gasteiger partial charge in [-0.15, -0.1) is 0 Å². The highest BCUT2D eigenvalue weighted by Crippen LogP contribution is 2.39. The van der Waals surface area contributed by atoms with Gasteiger partial charge in [0.2, 0.25) is 0 Å². The van der Waals surface area contributed by atoms with Crippen LogP contribution in [-0.4, -0.2) is 65.9 Å². The smallest absolute Gasteiger partial charge is 0.326 e. The van der Waals surface area contributed by atoms with E-state index in [1.165, 1.54) is 17.1 Å². The number of carbonyl (C=O) groups is 1. The molecule has 196 valence electrons. The number of hydroxylamine groups is 1. The first kappa shape index (κ1) is 25.0. The van der Waals surface area contributed by atoms with Crippen LogP contribution < -0.4 is 9.62 Å². The molecule has 2 atom stereocenters. The molecule has 10 nitrogen and oxygen atoms in total. The van der Waals surface area contributed by atoms with Crippen LogP contribution in [0.5, 0.6) is 0 Å². The summed E-state index contributed by atoms with van der Waals surface area (Å²) in [5, 5.41) is 19.8.